The highest BCUT2D eigenvalue weighted by Gasteiger charge is 2.07. The van der Waals surface area contributed by atoms with E-state index in [1.165, 1.54) is 0 Å². The number of nitrogens with zero attached hydrogens (tertiary/aromatic N) is 3. The minimum Gasteiger partial charge on any atom is -0.377 e. The number of rotatable bonds is 5. The minimum absolute atomic E-state index is 0.229. The first-order valence-electron chi connectivity index (χ1n) is 5.33. The number of nitriles is 1. The highest BCUT2D eigenvalue weighted by Crippen LogP contribution is 2.13. The Morgan fingerprint density at radius 1 is 1.56 bits per heavy atom. The molecule has 4 heteroatoms. The Morgan fingerprint density at radius 3 is 2.94 bits per heavy atom. The summed E-state index contributed by atoms with van der Waals surface area (Å²) in [6.07, 6.45) is 1.92. The van der Waals surface area contributed by atoms with E-state index in [4.69, 9.17) is 10.00 Å². The first-order valence-corrected chi connectivity index (χ1v) is 5.33. The van der Waals surface area contributed by atoms with Crippen LogP contribution >= 0.6 is 0 Å². The molecule has 0 fully saturated rings. The van der Waals surface area contributed by atoms with Crippen molar-refractivity contribution in [2.24, 2.45) is 0 Å². The fraction of sp³-hybridized carbons (Fsp3) is 0.500. The number of anilines is 1. The van der Waals surface area contributed by atoms with Crippen LogP contribution in [0.25, 0.3) is 0 Å². The van der Waals surface area contributed by atoms with E-state index in [-0.39, 0.29) is 6.10 Å². The van der Waals surface area contributed by atoms with Crippen LogP contribution in [0.2, 0.25) is 0 Å². The molecule has 86 valence electrons. The Balaban J connectivity index is 2.59. The van der Waals surface area contributed by atoms with Gasteiger partial charge in [0.05, 0.1) is 18.3 Å². The predicted molar refractivity (Wildman–Crippen MR) is 63.3 cm³/mol. The van der Waals surface area contributed by atoms with Crippen LogP contribution in [0.4, 0.5) is 5.82 Å². The number of aromatic nitrogens is 1. The molecule has 0 aliphatic rings. The molecule has 4 nitrogen and oxygen atoms in total. The van der Waals surface area contributed by atoms with Gasteiger partial charge in [-0.25, -0.2) is 4.98 Å². The molecule has 0 atom stereocenters. The predicted octanol–water partition coefficient (Wildman–Crippen LogP) is 1.81. The van der Waals surface area contributed by atoms with Gasteiger partial charge >= 0.3 is 0 Å². The lowest BCUT2D eigenvalue weighted by molar-refractivity contribution is 0.0845. The maximum atomic E-state index is 8.93. The van der Waals surface area contributed by atoms with Gasteiger partial charge in [0.25, 0.3) is 0 Å². The highest BCUT2D eigenvalue weighted by molar-refractivity contribution is 5.52. The third-order valence-electron chi connectivity index (χ3n) is 2.15. The average Bonchev–Trinajstić information content (AvgIpc) is 2.28. The van der Waals surface area contributed by atoms with Crippen LogP contribution in [0.5, 0.6) is 0 Å². The SMILES string of the molecule is CC(C)OCCN(C)c1ncccc1C#N. The van der Waals surface area contributed by atoms with E-state index in [0.717, 1.165) is 6.54 Å². The first kappa shape index (κ1) is 12.5. The summed E-state index contributed by atoms with van der Waals surface area (Å²) in [5.74, 6) is 0.706. The number of likely N-dealkylation sites (N-methyl/N-ethyl adjacent to an activating group) is 1. The molecular weight excluding hydrogens is 202 g/mol. The van der Waals surface area contributed by atoms with E-state index in [1.807, 2.05) is 25.8 Å². The second-order valence-electron chi connectivity index (χ2n) is 3.83. The van der Waals surface area contributed by atoms with Crippen molar-refractivity contribution < 1.29 is 4.74 Å². The van der Waals surface area contributed by atoms with Crippen molar-refractivity contribution in [3.05, 3.63) is 23.9 Å². The van der Waals surface area contributed by atoms with E-state index in [1.54, 1.807) is 18.3 Å². The topological polar surface area (TPSA) is 49.1 Å². The van der Waals surface area contributed by atoms with Gasteiger partial charge in [0, 0.05) is 19.8 Å². The van der Waals surface area contributed by atoms with Gasteiger partial charge in [0.1, 0.15) is 11.9 Å². The summed E-state index contributed by atoms with van der Waals surface area (Å²) >= 11 is 0. The van der Waals surface area contributed by atoms with Crippen LogP contribution in [0.1, 0.15) is 19.4 Å². The summed E-state index contributed by atoms with van der Waals surface area (Å²) in [5, 5.41) is 8.93. The van der Waals surface area contributed by atoms with Crippen molar-refractivity contribution in [2.45, 2.75) is 20.0 Å². The maximum absolute atomic E-state index is 8.93. The van der Waals surface area contributed by atoms with Gasteiger partial charge in [-0.15, -0.1) is 0 Å². The van der Waals surface area contributed by atoms with E-state index < -0.39 is 0 Å². The summed E-state index contributed by atoms with van der Waals surface area (Å²) < 4.78 is 5.46. The van der Waals surface area contributed by atoms with E-state index in [0.29, 0.717) is 18.0 Å². The zero-order valence-corrected chi connectivity index (χ0v) is 9.97. The van der Waals surface area contributed by atoms with E-state index >= 15 is 0 Å². The second kappa shape index (κ2) is 6.09. The Bertz CT molecular complexity index is 371. The zero-order valence-electron chi connectivity index (χ0n) is 9.97. The number of pyridine rings is 1. The Hall–Kier alpha value is -1.60. The maximum Gasteiger partial charge on any atom is 0.146 e. The second-order valence-corrected chi connectivity index (χ2v) is 3.83. The molecule has 0 N–H and O–H groups in total. The Kier molecular flexibility index (Phi) is 4.74. The third kappa shape index (κ3) is 3.52. The molecule has 0 radical (unpaired) electrons. The molecule has 0 aromatic carbocycles. The monoisotopic (exact) mass is 219 g/mol. The molecule has 0 saturated heterocycles. The van der Waals surface area contributed by atoms with Crippen LogP contribution < -0.4 is 4.90 Å². The van der Waals surface area contributed by atoms with Gasteiger partial charge in [0.15, 0.2) is 0 Å². The van der Waals surface area contributed by atoms with E-state index in [9.17, 15) is 0 Å². The summed E-state index contributed by atoms with van der Waals surface area (Å²) in [6, 6.07) is 5.66. The molecule has 0 aliphatic carbocycles. The van der Waals surface area contributed by atoms with Crippen molar-refractivity contribution in [3.63, 3.8) is 0 Å². The van der Waals surface area contributed by atoms with Gasteiger partial charge in [0.2, 0.25) is 0 Å². The van der Waals surface area contributed by atoms with Crippen molar-refractivity contribution in [3.8, 4) is 6.07 Å². The molecule has 0 amide bonds. The largest absolute Gasteiger partial charge is 0.377 e. The Morgan fingerprint density at radius 2 is 2.31 bits per heavy atom. The van der Waals surface area contributed by atoms with Gasteiger partial charge in [-0.2, -0.15) is 5.26 Å². The summed E-state index contributed by atoms with van der Waals surface area (Å²) in [4.78, 5) is 6.13. The van der Waals surface area contributed by atoms with Crippen LogP contribution in [0, 0.1) is 11.3 Å². The standard InChI is InChI=1S/C12H17N3O/c1-10(2)16-8-7-15(3)12-11(9-13)5-4-6-14-12/h4-6,10H,7-8H2,1-3H3. The van der Waals surface area contributed by atoms with Crippen molar-refractivity contribution >= 4 is 5.82 Å². The van der Waals surface area contributed by atoms with Gasteiger partial charge < -0.3 is 9.64 Å². The highest BCUT2D eigenvalue weighted by atomic mass is 16.5. The fourth-order valence-electron chi connectivity index (χ4n) is 1.32. The smallest absolute Gasteiger partial charge is 0.146 e. The quantitative estimate of drug-likeness (QED) is 0.758. The molecule has 0 spiro atoms. The molecule has 0 saturated carbocycles. The zero-order chi connectivity index (χ0) is 12.0. The average molecular weight is 219 g/mol. The molecule has 0 bridgehead atoms. The van der Waals surface area contributed by atoms with Crippen LogP contribution in [0.3, 0.4) is 0 Å². The molecule has 0 unspecified atom stereocenters. The summed E-state index contributed by atoms with van der Waals surface area (Å²) in [5.41, 5.74) is 0.592. The molecular formula is C12H17N3O. The van der Waals surface area contributed by atoms with Crippen LogP contribution in [-0.4, -0.2) is 31.3 Å². The van der Waals surface area contributed by atoms with E-state index in [2.05, 4.69) is 11.1 Å². The third-order valence-corrected chi connectivity index (χ3v) is 2.15. The lowest BCUT2D eigenvalue weighted by Gasteiger charge is -2.19. The normalized spacial score (nSPS) is 10.2. The number of hydrogen-bond donors (Lipinski definition) is 0. The Labute approximate surface area is 96.5 Å². The van der Waals surface area contributed by atoms with Gasteiger partial charge in [-0.05, 0) is 26.0 Å². The molecule has 16 heavy (non-hydrogen) atoms. The van der Waals surface area contributed by atoms with Crippen molar-refractivity contribution in [1.82, 2.24) is 4.98 Å². The minimum atomic E-state index is 0.229. The fourth-order valence-corrected chi connectivity index (χ4v) is 1.32. The molecule has 1 heterocycles. The number of hydrogen-bond acceptors (Lipinski definition) is 4. The first-order chi connectivity index (χ1) is 7.65. The lowest BCUT2D eigenvalue weighted by atomic mass is 10.2. The molecule has 1 rings (SSSR count). The molecule has 1 aromatic rings. The van der Waals surface area contributed by atoms with Crippen LogP contribution in [0.15, 0.2) is 18.3 Å². The van der Waals surface area contributed by atoms with Gasteiger partial charge in [-0.1, -0.05) is 0 Å². The summed E-state index contributed by atoms with van der Waals surface area (Å²) in [7, 11) is 1.91. The summed E-state index contributed by atoms with van der Waals surface area (Å²) in [6.45, 7) is 5.36. The van der Waals surface area contributed by atoms with Crippen molar-refractivity contribution in [2.75, 3.05) is 25.1 Å². The van der Waals surface area contributed by atoms with Gasteiger partial charge in [-0.3, -0.25) is 0 Å². The number of ether oxygens (including phenoxy) is 1. The van der Waals surface area contributed by atoms with Crippen LogP contribution in [-0.2, 0) is 4.74 Å². The van der Waals surface area contributed by atoms with Crippen molar-refractivity contribution in [1.29, 1.82) is 5.26 Å². The molecule has 1 aromatic heterocycles. The molecule has 0 aliphatic heterocycles. The lowest BCUT2D eigenvalue weighted by Crippen LogP contribution is -2.25.